The first kappa shape index (κ1) is 20.6. The molecule has 6 heteroatoms. The third kappa shape index (κ3) is 4.49. The maximum Gasteiger partial charge on any atom is 0.263 e. The number of anilines is 1. The van der Waals surface area contributed by atoms with E-state index >= 15 is 0 Å². The van der Waals surface area contributed by atoms with Crippen LogP contribution in [0, 0.1) is 5.92 Å². The molecule has 2 aromatic rings. The topological polar surface area (TPSA) is 52.7 Å². The minimum Gasteiger partial charge on any atom is -0.372 e. The van der Waals surface area contributed by atoms with Crippen molar-refractivity contribution >= 4 is 28.8 Å². The lowest BCUT2D eigenvalue weighted by atomic mass is 9.87. The minimum atomic E-state index is 0.000659. The van der Waals surface area contributed by atoms with Gasteiger partial charge in [0, 0.05) is 49.2 Å². The van der Waals surface area contributed by atoms with Gasteiger partial charge in [-0.2, -0.15) is 0 Å². The Kier molecular flexibility index (Phi) is 5.99. The summed E-state index contributed by atoms with van der Waals surface area (Å²) in [5.41, 5.74) is 3.62. The van der Waals surface area contributed by atoms with E-state index in [1.165, 1.54) is 29.0 Å². The van der Waals surface area contributed by atoms with Crippen LogP contribution in [0.3, 0.4) is 0 Å². The summed E-state index contributed by atoms with van der Waals surface area (Å²) in [6.07, 6.45) is 7.29. The van der Waals surface area contributed by atoms with Crippen molar-refractivity contribution < 1.29 is 9.59 Å². The standard InChI is InChI=1S/C25H31N3O2S/c29-24(26-17-18-5-8-21(9-6-18)27-11-1-2-12-27)19-7-10-22-20(15-19)16-23(31-22)25(30)28-13-3-4-14-28/h5-6,8-9,16,19H,1-4,7,10-15,17H2,(H,26,29)/t19-/m1/s1. The Labute approximate surface area is 188 Å². The van der Waals surface area contributed by atoms with Crippen LogP contribution in [-0.4, -0.2) is 42.9 Å². The molecule has 5 rings (SSSR count). The van der Waals surface area contributed by atoms with Gasteiger partial charge in [-0.3, -0.25) is 9.59 Å². The van der Waals surface area contributed by atoms with E-state index in [9.17, 15) is 9.59 Å². The van der Waals surface area contributed by atoms with Crippen LogP contribution >= 0.6 is 11.3 Å². The first-order chi connectivity index (χ1) is 15.2. The molecule has 2 amide bonds. The SMILES string of the molecule is O=C(NCc1ccc(N2CCCC2)cc1)[C@@H]1CCc2sc(C(=O)N3CCCC3)cc2C1. The molecule has 1 aromatic carbocycles. The van der Waals surface area contributed by atoms with Gasteiger partial charge < -0.3 is 15.1 Å². The van der Waals surface area contributed by atoms with Gasteiger partial charge in [-0.1, -0.05) is 12.1 Å². The normalized spacial score (nSPS) is 20.7. The van der Waals surface area contributed by atoms with Crippen molar-refractivity contribution in [3.05, 3.63) is 51.2 Å². The van der Waals surface area contributed by atoms with Gasteiger partial charge in [0.15, 0.2) is 0 Å². The van der Waals surface area contributed by atoms with Crippen molar-refractivity contribution in [2.45, 2.75) is 51.5 Å². The number of nitrogens with zero attached hydrogens (tertiary/aromatic N) is 2. The maximum absolute atomic E-state index is 12.8. The number of amides is 2. The second kappa shape index (κ2) is 9.03. The van der Waals surface area contributed by atoms with Crippen LogP contribution in [0.1, 0.15) is 57.8 Å². The van der Waals surface area contributed by atoms with Crippen LogP contribution in [-0.2, 0) is 24.2 Å². The highest BCUT2D eigenvalue weighted by Gasteiger charge is 2.29. The zero-order valence-electron chi connectivity index (χ0n) is 18.1. The molecule has 0 unspecified atom stereocenters. The molecule has 1 aliphatic carbocycles. The zero-order chi connectivity index (χ0) is 21.2. The lowest BCUT2D eigenvalue weighted by Gasteiger charge is -2.21. The molecule has 3 aliphatic rings. The van der Waals surface area contributed by atoms with E-state index < -0.39 is 0 Å². The van der Waals surface area contributed by atoms with Crippen molar-refractivity contribution in [3.63, 3.8) is 0 Å². The average molecular weight is 438 g/mol. The molecule has 0 bridgehead atoms. The lowest BCUT2D eigenvalue weighted by Crippen LogP contribution is -2.33. The number of nitrogens with one attached hydrogen (secondary N) is 1. The summed E-state index contributed by atoms with van der Waals surface area (Å²) in [4.78, 5) is 32.1. The highest BCUT2D eigenvalue weighted by atomic mass is 32.1. The molecule has 164 valence electrons. The molecular formula is C25H31N3O2S. The molecule has 31 heavy (non-hydrogen) atoms. The Morgan fingerprint density at radius 3 is 2.45 bits per heavy atom. The predicted molar refractivity (Wildman–Crippen MR) is 125 cm³/mol. The van der Waals surface area contributed by atoms with Crippen LogP contribution in [0.4, 0.5) is 5.69 Å². The number of thiophene rings is 1. The van der Waals surface area contributed by atoms with Gasteiger partial charge in [0.05, 0.1) is 4.88 Å². The van der Waals surface area contributed by atoms with Crippen LogP contribution in [0.5, 0.6) is 0 Å². The molecule has 0 radical (unpaired) electrons. The first-order valence-corrected chi connectivity index (χ1v) is 12.5. The highest BCUT2D eigenvalue weighted by molar-refractivity contribution is 7.14. The Hall–Kier alpha value is -2.34. The molecule has 2 saturated heterocycles. The number of rotatable bonds is 5. The van der Waals surface area contributed by atoms with E-state index in [4.69, 9.17) is 0 Å². The second-order valence-electron chi connectivity index (χ2n) is 9.08. The van der Waals surface area contributed by atoms with Crippen LogP contribution < -0.4 is 10.2 Å². The molecular weight excluding hydrogens is 406 g/mol. The molecule has 1 atom stereocenters. The number of fused-ring (bicyclic) bond motifs is 1. The number of benzene rings is 1. The van der Waals surface area contributed by atoms with Gasteiger partial charge in [0.2, 0.25) is 5.91 Å². The van der Waals surface area contributed by atoms with Gasteiger partial charge in [0.25, 0.3) is 5.91 Å². The second-order valence-corrected chi connectivity index (χ2v) is 10.2. The molecule has 3 heterocycles. The van der Waals surface area contributed by atoms with Gasteiger partial charge >= 0.3 is 0 Å². The molecule has 0 saturated carbocycles. The lowest BCUT2D eigenvalue weighted by molar-refractivity contribution is -0.125. The van der Waals surface area contributed by atoms with E-state index in [1.54, 1.807) is 11.3 Å². The number of carbonyl (C=O) groups is 2. The molecule has 1 aromatic heterocycles. The number of likely N-dealkylation sites (tertiary alicyclic amines) is 1. The van der Waals surface area contributed by atoms with Gasteiger partial charge in [-0.25, -0.2) is 0 Å². The fraction of sp³-hybridized carbons (Fsp3) is 0.520. The van der Waals surface area contributed by atoms with Gasteiger partial charge in [0.1, 0.15) is 0 Å². The summed E-state index contributed by atoms with van der Waals surface area (Å²) in [5, 5.41) is 3.14. The Morgan fingerprint density at radius 2 is 1.71 bits per heavy atom. The predicted octanol–water partition coefficient (Wildman–Crippen LogP) is 4.01. The monoisotopic (exact) mass is 437 g/mol. The van der Waals surface area contributed by atoms with Crippen molar-refractivity contribution in [3.8, 4) is 0 Å². The summed E-state index contributed by atoms with van der Waals surface area (Å²) in [5.74, 6) is 0.309. The summed E-state index contributed by atoms with van der Waals surface area (Å²) in [6.45, 7) is 4.63. The van der Waals surface area contributed by atoms with Crippen LogP contribution in [0.15, 0.2) is 30.3 Å². The summed E-state index contributed by atoms with van der Waals surface area (Å²) < 4.78 is 0. The first-order valence-electron chi connectivity index (χ1n) is 11.7. The fourth-order valence-electron chi connectivity index (χ4n) is 5.06. The molecule has 2 aliphatic heterocycles. The smallest absolute Gasteiger partial charge is 0.263 e. The fourth-order valence-corrected chi connectivity index (χ4v) is 6.24. The zero-order valence-corrected chi connectivity index (χ0v) is 18.9. The van der Waals surface area contributed by atoms with E-state index in [0.717, 1.165) is 68.7 Å². The maximum atomic E-state index is 12.8. The number of carbonyl (C=O) groups excluding carboxylic acids is 2. The number of aryl methyl sites for hydroxylation is 1. The summed E-state index contributed by atoms with van der Waals surface area (Å²) >= 11 is 1.64. The van der Waals surface area contributed by atoms with Crippen molar-refractivity contribution in [1.29, 1.82) is 0 Å². The van der Waals surface area contributed by atoms with Crippen LogP contribution in [0.25, 0.3) is 0 Å². The van der Waals surface area contributed by atoms with Gasteiger partial charge in [-0.05, 0) is 74.3 Å². The average Bonchev–Trinajstić information content (AvgIpc) is 3.57. The summed E-state index contributed by atoms with van der Waals surface area (Å²) in [7, 11) is 0. The Balaban J connectivity index is 1.15. The van der Waals surface area contributed by atoms with E-state index in [1.807, 2.05) is 4.90 Å². The van der Waals surface area contributed by atoms with E-state index in [2.05, 4.69) is 40.5 Å². The molecule has 2 fully saturated rings. The number of hydrogen-bond donors (Lipinski definition) is 1. The van der Waals surface area contributed by atoms with Gasteiger partial charge in [-0.15, -0.1) is 11.3 Å². The highest BCUT2D eigenvalue weighted by Crippen LogP contribution is 2.33. The molecule has 5 nitrogen and oxygen atoms in total. The van der Waals surface area contributed by atoms with Crippen molar-refractivity contribution in [2.24, 2.45) is 5.92 Å². The van der Waals surface area contributed by atoms with E-state index in [0.29, 0.717) is 6.54 Å². The molecule has 0 spiro atoms. The van der Waals surface area contributed by atoms with Crippen molar-refractivity contribution in [2.75, 3.05) is 31.1 Å². The Morgan fingerprint density at radius 1 is 1.00 bits per heavy atom. The number of hydrogen-bond acceptors (Lipinski definition) is 4. The van der Waals surface area contributed by atoms with Crippen molar-refractivity contribution in [1.82, 2.24) is 10.2 Å². The Bertz CT molecular complexity index is 940. The summed E-state index contributed by atoms with van der Waals surface area (Å²) in [6, 6.07) is 10.6. The van der Waals surface area contributed by atoms with Crippen LogP contribution in [0.2, 0.25) is 0 Å². The third-order valence-corrected chi connectivity index (χ3v) is 8.16. The minimum absolute atomic E-state index is 0.000659. The third-order valence-electron chi connectivity index (χ3n) is 6.93. The molecule has 1 N–H and O–H groups in total. The van der Waals surface area contributed by atoms with E-state index in [-0.39, 0.29) is 17.7 Å². The quantitative estimate of drug-likeness (QED) is 0.769. The largest absolute Gasteiger partial charge is 0.372 e.